The summed E-state index contributed by atoms with van der Waals surface area (Å²) < 4.78 is 11.1. The molecule has 0 saturated carbocycles. The maximum absolute atomic E-state index is 11.5. The molecule has 0 atom stereocenters. The Morgan fingerprint density at radius 2 is 1.88 bits per heavy atom. The predicted molar refractivity (Wildman–Crippen MR) is 74.6 cm³/mol. The zero-order valence-corrected chi connectivity index (χ0v) is 11.6. The number of benzene rings is 2. The first-order chi connectivity index (χ1) is 8.17. The maximum Gasteiger partial charge on any atom is 0.337 e. The van der Waals surface area contributed by atoms with E-state index < -0.39 is 0 Å². The second-order valence-electron chi connectivity index (χ2n) is 3.50. The lowest BCUT2D eigenvalue weighted by atomic mass is 10.1. The van der Waals surface area contributed by atoms with Gasteiger partial charge in [-0.15, -0.1) is 0 Å². The molecule has 0 radical (unpaired) electrons. The van der Waals surface area contributed by atoms with Crippen molar-refractivity contribution in [2.24, 2.45) is 0 Å². The minimum atomic E-state index is -0.340. The van der Waals surface area contributed by atoms with Gasteiger partial charge in [0.05, 0.1) is 19.8 Å². The molecule has 2 aromatic carbocycles. The van der Waals surface area contributed by atoms with Gasteiger partial charge in [0, 0.05) is 8.96 Å². The molecule has 0 bridgehead atoms. The Hall–Kier alpha value is -1.30. The first kappa shape index (κ1) is 12.2. The number of hydrogen-bond donors (Lipinski definition) is 0. The minimum Gasteiger partial charge on any atom is -0.496 e. The third-order valence-corrected chi connectivity index (χ3v) is 3.51. The monoisotopic (exact) mass is 342 g/mol. The van der Waals surface area contributed by atoms with E-state index in [9.17, 15) is 4.79 Å². The van der Waals surface area contributed by atoms with E-state index in [-0.39, 0.29) is 5.97 Å². The van der Waals surface area contributed by atoms with Gasteiger partial charge in [-0.1, -0.05) is 6.07 Å². The number of rotatable bonds is 2. The molecule has 0 amide bonds. The standard InChI is InChI=1S/C13H11IO3/c1-16-12-6-5-11(14)9-4-3-8(7-10(9)12)13(15)17-2/h3-7H,1-2H3. The van der Waals surface area contributed by atoms with E-state index in [1.54, 1.807) is 19.2 Å². The number of carbonyl (C=O) groups is 1. The number of esters is 1. The number of carbonyl (C=O) groups excluding carboxylic acids is 1. The summed E-state index contributed by atoms with van der Waals surface area (Å²) in [5.74, 6) is 0.416. The average Bonchev–Trinajstić information content (AvgIpc) is 2.38. The quantitative estimate of drug-likeness (QED) is 0.621. The highest BCUT2D eigenvalue weighted by atomic mass is 127. The van der Waals surface area contributed by atoms with Crippen LogP contribution < -0.4 is 4.74 Å². The van der Waals surface area contributed by atoms with Crippen LogP contribution in [-0.4, -0.2) is 20.2 Å². The van der Waals surface area contributed by atoms with E-state index in [1.165, 1.54) is 7.11 Å². The second-order valence-corrected chi connectivity index (χ2v) is 4.66. The van der Waals surface area contributed by atoms with Crippen molar-refractivity contribution in [3.8, 4) is 5.75 Å². The van der Waals surface area contributed by atoms with E-state index in [4.69, 9.17) is 9.47 Å². The van der Waals surface area contributed by atoms with Gasteiger partial charge in [-0.25, -0.2) is 4.79 Å². The van der Waals surface area contributed by atoms with Crippen LogP contribution in [0.1, 0.15) is 10.4 Å². The lowest BCUT2D eigenvalue weighted by Crippen LogP contribution is -2.01. The lowest BCUT2D eigenvalue weighted by molar-refractivity contribution is 0.0601. The molecule has 0 aliphatic carbocycles. The molecule has 2 rings (SSSR count). The number of fused-ring (bicyclic) bond motifs is 1. The summed E-state index contributed by atoms with van der Waals surface area (Å²) in [7, 11) is 2.99. The maximum atomic E-state index is 11.5. The summed E-state index contributed by atoms with van der Waals surface area (Å²) in [6, 6.07) is 9.34. The number of halogens is 1. The normalized spacial score (nSPS) is 10.3. The van der Waals surface area contributed by atoms with Gasteiger partial charge in [-0.2, -0.15) is 0 Å². The van der Waals surface area contributed by atoms with Gasteiger partial charge in [0.25, 0.3) is 0 Å². The SMILES string of the molecule is COC(=O)c1ccc2c(I)ccc(OC)c2c1. The van der Waals surface area contributed by atoms with E-state index in [0.29, 0.717) is 5.56 Å². The van der Waals surface area contributed by atoms with Crippen molar-refractivity contribution in [1.82, 2.24) is 0 Å². The Balaban J connectivity index is 2.70. The Kier molecular flexibility index (Phi) is 3.51. The van der Waals surface area contributed by atoms with Crippen LogP contribution in [0.15, 0.2) is 30.3 Å². The Labute approximate surface area is 113 Å². The highest BCUT2D eigenvalue weighted by molar-refractivity contribution is 14.1. The summed E-state index contributed by atoms with van der Waals surface area (Å²) in [6.07, 6.45) is 0. The molecule has 0 unspecified atom stereocenters. The molecule has 0 aliphatic rings. The van der Waals surface area contributed by atoms with Crippen LogP contribution in [0, 0.1) is 3.57 Å². The van der Waals surface area contributed by atoms with E-state index in [1.807, 2.05) is 18.2 Å². The number of ether oxygens (including phenoxy) is 2. The molecular formula is C13H11IO3. The fourth-order valence-corrected chi connectivity index (χ4v) is 2.36. The van der Waals surface area contributed by atoms with Crippen molar-refractivity contribution in [3.63, 3.8) is 0 Å². The largest absolute Gasteiger partial charge is 0.496 e. The summed E-state index contributed by atoms with van der Waals surface area (Å²) in [5.41, 5.74) is 0.528. The highest BCUT2D eigenvalue weighted by Crippen LogP contribution is 2.30. The van der Waals surface area contributed by atoms with E-state index in [0.717, 1.165) is 20.1 Å². The van der Waals surface area contributed by atoms with Gasteiger partial charge in [-0.05, 0) is 52.2 Å². The molecular weight excluding hydrogens is 331 g/mol. The van der Waals surface area contributed by atoms with Gasteiger partial charge in [0.15, 0.2) is 0 Å². The number of hydrogen-bond acceptors (Lipinski definition) is 3. The van der Waals surface area contributed by atoms with Gasteiger partial charge in [0.1, 0.15) is 5.75 Å². The molecule has 2 aromatic rings. The van der Waals surface area contributed by atoms with Gasteiger partial charge in [-0.3, -0.25) is 0 Å². The third-order valence-electron chi connectivity index (χ3n) is 2.56. The van der Waals surface area contributed by atoms with Crippen LogP contribution in [0.25, 0.3) is 10.8 Å². The molecule has 88 valence electrons. The van der Waals surface area contributed by atoms with Crippen LogP contribution in [-0.2, 0) is 4.74 Å². The zero-order chi connectivity index (χ0) is 12.4. The summed E-state index contributed by atoms with van der Waals surface area (Å²) in [6.45, 7) is 0. The highest BCUT2D eigenvalue weighted by Gasteiger charge is 2.10. The lowest BCUT2D eigenvalue weighted by Gasteiger charge is -2.08. The molecule has 17 heavy (non-hydrogen) atoms. The van der Waals surface area contributed by atoms with Crippen LogP contribution >= 0.6 is 22.6 Å². The Bertz CT molecular complexity index is 578. The molecule has 3 nitrogen and oxygen atoms in total. The summed E-state index contributed by atoms with van der Waals surface area (Å²) in [4.78, 5) is 11.5. The fraction of sp³-hybridized carbons (Fsp3) is 0.154. The van der Waals surface area contributed by atoms with Crippen molar-refractivity contribution in [2.75, 3.05) is 14.2 Å². The smallest absolute Gasteiger partial charge is 0.337 e. The third kappa shape index (κ3) is 2.22. The van der Waals surface area contributed by atoms with Gasteiger partial charge < -0.3 is 9.47 Å². The fourth-order valence-electron chi connectivity index (χ4n) is 1.71. The van der Waals surface area contributed by atoms with Crippen LogP contribution in [0.3, 0.4) is 0 Å². The van der Waals surface area contributed by atoms with E-state index >= 15 is 0 Å². The predicted octanol–water partition coefficient (Wildman–Crippen LogP) is 3.24. The Morgan fingerprint density at radius 3 is 2.53 bits per heavy atom. The topological polar surface area (TPSA) is 35.5 Å². The van der Waals surface area contributed by atoms with Crippen molar-refractivity contribution >= 4 is 39.3 Å². The zero-order valence-electron chi connectivity index (χ0n) is 9.49. The van der Waals surface area contributed by atoms with Crippen LogP contribution in [0.4, 0.5) is 0 Å². The molecule has 4 heteroatoms. The Morgan fingerprint density at radius 1 is 1.12 bits per heavy atom. The molecule has 0 spiro atoms. The first-order valence-electron chi connectivity index (χ1n) is 5.02. The summed E-state index contributed by atoms with van der Waals surface area (Å²) >= 11 is 2.26. The average molecular weight is 342 g/mol. The van der Waals surface area contributed by atoms with Gasteiger partial charge >= 0.3 is 5.97 Å². The number of methoxy groups -OCH3 is 2. The second kappa shape index (κ2) is 4.91. The first-order valence-corrected chi connectivity index (χ1v) is 6.10. The molecule has 0 aromatic heterocycles. The minimum absolute atomic E-state index is 0.340. The molecule has 0 aliphatic heterocycles. The van der Waals surface area contributed by atoms with Crippen LogP contribution in [0.2, 0.25) is 0 Å². The molecule has 0 heterocycles. The molecule has 0 fully saturated rings. The van der Waals surface area contributed by atoms with Gasteiger partial charge in [0.2, 0.25) is 0 Å². The van der Waals surface area contributed by atoms with Crippen LogP contribution in [0.5, 0.6) is 5.75 Å². The van der Waals surface area contributed by atoms with Crippen molar-refractivity contribution < 1.29 is 14.3 Å². The molecule has 0 N–H and O–H groups in total. The molecule has 0 saturated heterocycles. The summed E-state index contributed by atoms with van der Waals surface area (Å²) in [5, 5.41) is 1.99. The van der Waals surface area contributed by atoms with Crippen molar-refractivity contribution in [1.29, 1.82) is 0 Å². The van der Waals surface area contributed by atoms with Crippen molar-refractivity contribution in [2.45, 2.75) is 0 Å². The van der Waals surface area contributed by atoms with E-state index in [2.05, 4.69) is 22.6 Å². The van der Waals surface area contributed by atoms with Crippen molar-refractivity contribution in [3.05, 3.63) is 39.5 Å².